The van der Waals surface area contributed by atoms with E-state index >= 15 is 0 Å². The highest BCUT2D eigenvalue weighted by molar-refractivity contribution is 6.11. The Kier molecular flexibility index (Phi) is 4.78. The zero-order chi connectivity index (χ0) is 22.2. The largest absolute Gasteiger partial charge is 0.384 e. The van der Waals surface area contributed by atoms with Gasteiger partial charge in [-0.25, -0.2) is 14.4 Å². The molecule has 0 aliphatic heterocycles. The number of para-hydroxylation sites is 2. The van der Waals surface area contributed by atoms with Crippen LogP contribution in [-0.4, -0.2) is 20.4 Å². The van der Waals surface area contributed by atoms with Crippen molar-refractivity contribution in [3.8, 4) is 5.69 Å². The second kappa shape index (κ2) is 7.77. The lowest BCUT2D eigenvalue weighted by atomic mass is 10.2. The van der Waals surface area contributed by atoms with E-state index in [4.69, 9.17) is 15.7 Å². The molecule has 32 heavy (non-hydrogen) atoms. The maximum Gasteiger partial charge on any atom is 0.257 e. The molecule has 5 rings (SSSR count). The number of hydrogen-bond donors (Lipinski definition) is 2. The summed E-state index contributed by atoms with van der Waals surface area (Å²) in [5.74, 6) is -0.432. The van der Waals surface area contributed by atoms with Crippen LogP contribution in [-0.2, 0) is 6.54 Å². The van der Waals surface area contributed by atoms with Gasteiger partial charge in [-0.15, -0.1) is 0 Å². The fourth-order valence-electron chi connectivity index (χ4n) is 3.79. The van der Waals surface area contributed by atoms with Gasteiger partial charge in [-0.3, -0.25) is 9.36 Å². The van der Waals surface area contributed by atoms with Crippen LogP contribution in [0.5, 0.6) is 0 Å². The van der Waals surface area contributed by atoms with Crippen molar-refractivity contribution in [2.24, 2.45) is 0 Å². The third-order valence-corrected chi connectivity index (χ3v) is 5.35. The molecule has 0 spiro atoms. The number of hydrogen-bond acceptors (Lipinski definition) is 4. The number of rotatable bonds is 4. The second-order valence-corrected chi connectivity index (χ2v) is 7.63. The Hall–Kier alpha value is -4.26. The topological polar surface area (TPSA) is 85.8 Å². The number of benzene rings is 3. The number of nitrogens with one attached hydrogen (secondary N) is 1. The minimum absolute atomic E-state index is 0.233. The van der Waals surface area contributed by atoms with Crippen LogP contribution in [0.4, 0.5) is 10.2 Å². The Morgan fingerprint density at radius 3 is 2.44 bits per heavy atom. The molecule has 0 bridgehead atoms. The van der Waals surface area contributed by atoms with Crippen LogP contribution in [0.3, 0.4) is 0 Å². The summed E-state index contributed by atoms with van der Waals surface area (Å²) in [6, 6.07) is 21.3. The first-order valence-corrected chi connectivity index (χ1v) is 10.2. The normalized spacial score (nSPS) is 11.2. The first kappa shape index (κ1) is 19.7. The summed E-state index contributed by atoms with van der Waals surface area (Å²) in [5, 5.41) is 2.87. The van der Waals surface area contributed by atoms with Gasteiger partial charge in [0.05, 0.1) is 11.0 Å². The molecule has 0 saturated carbocycles. The smallest absolute Gasteiger partial charge is 0.257 e. The number of nitrogens with zero attached hydrogens (tertiary/aromatic N) is 3. The van der Waals surface area contributed by atoms with E-state index in [0.717, 1.165) is 16.8 Å². The number of nitrogen functional groups attached to an aromatic ring is 1. The Morgan fingerprint density at radius 1 is 1.00 bits per heavy atom. The van der Waals surface area contributed by atoms with Gasteiger partial charge in [-0.2, -0.15) is 0 Å². The van der Waals surface area contributed by atoms with Crippen LogP contribution in [0.1, 0.15) is 21.5 Å². The Bertz CT molecular complexity index is 1470. The third kappa shape index (κ3) is 3.43. The molecule has 0 saturated heterocycles. The first-order chi connectivity index (χ1) is 15.5. The summed E-state index contributed by atoms with van der Waals surface area (Å²) in [7, 11) is 0. The molecule has 0 unspecified atom stereocenters. The van der Waals surface area contributed by atoms with E-state index in [1.807, 2.05) is 55.5 Å². The van der Waals surface area contributed by atoms with Gasteiger partial charge in [0.25, 0.3) is 5.91 Å². The third-order valence-electron chi connectivity index (χ3n) is 5.35. The highest BCUT2D eigenvalue weighted by Crippen LogP contribution is 2.31. The lowest BCUT2D eigenvalue weighted by Crippen LogP contribution is -2.24. The van der Waals surface area contributed by atoms with Gasteiger partial charge < -0.3 is 11.1 Å². The van der Waals surface area contributed by atoms with Crippen molar-refractivity contribution in [1.82, 2.24) is 19.9 Å². The molecule has 7 heteroatoms. The second-order valence-electron chi connectivity index (χ2n) is 7.63. The summed E-state index contributed by atoms with van der Waals surface area (Å²) in [6.07, 6.45) is 0. The molecule has 0 atom stereocenters. The molecular formula is C25H20FN5O. The maximum absolute atomic E-state index is 13.2. The first-order valence-electron chi connectivity index (χ1n) is 10.2. The number of carbonyl (C=O) groups excluding carboxylic acids is 1. The average molecular weight is 425 g/mol. The fourth-order valence-corrected chi connectivity index (χ4v) is 3.79. The van der Waals surface area contributed by atoms with E-state index < -0.39 is 0 Å². The summed E-state index contributed by atoms with van der Waals surface area (Å²) in [4.78, 5) is 22.7. The van der Waals surface area contributed by atoms with Crippen molar-refractivity contribution in [2.75, 3.05) is 5.73 Å². The number of halogens is 1. The number of carbonyl (C=O) groups is 1. The number of anilines is 1. The SMILES string of the molecule is Cc1cccc(-n2c(N)c(C(=O)NCc3ccc(F)cc3)c3nc4ccccc4nc32)c1. The molecule has 1 amide bonds. The monoisotopic (exact) mass is 425 g/mol. The van der Waals surface area contributed by atoms with Crippen molar-refractivity contribution in [3.63, 3.8) is 0 Å². The van der Waals surface area contributed by atoms with Gasteiger partial charge in [-0.05, 0) is 54.4 Å². The van der Waals surface area contributed by atoms with E-state index in [0.29, 0.717) is 22.2 Å². The Balaban J connectivity index is 1.65. The predicted molar refractivity (Wildman–Crippen MR) is 123 cm³/mol. The highest BCUT2D eigenvalue weighted by Gasteiger charge is 2.24. The lowest BCUT2D eigenvalue weighted by Gasteiger charge is -2.09. The molecule has 0 fully saturated rings. The number of aryl methyl sites for hydroxylation is 1. The van der Waals surface area contributed by atoms with E-state index in [2.05, 4.69) is 5.32 Å². The molecule has 2 aromatic heterocycles. The number of fused-ring (bicyclic) bond motifs is 2. The quantitative estimate of drug-likeness (QED) is 0.443. The minimum Gasteiger partial charge on any atom is -0.384 e. The Morgan fingerprint density at radius 2 is 1.72 bits per heavy atom. The van der Waals surface area contributed by atoms with E-state index in [1.54, 1.807) is 16.7 Å². The molecule has 158 valence electrons. The van der Waals surface area contributed by atoms with Crippen molar-refractivity contribution < 1.29 is 9.18 Å². The molecule has 0 aliphatic rings. The van der Waals surface area contributed by atoms with Crippen LogP contribution < -0.4 is 11.1 Å². The maximum atomic E-state index is 13.2. The van der Waals surface area contributed by atoms with Crippen molar-refractivity contribution in [1.29, 1.82) is 0 Å². The highest BCUT2D eigenvalue weighted by atomic mass is 19.1. The van der Waals surface area contributed by atoms with E-state index in [-0.39, 0.29) is 29.7 Å². The van der Waals surface area contributed by atoms with Crippen molar-refractivity contribution in [3.05, 3.63) is 95.3 Å². The standard InChI is InChI=1S/C25H20FN5O/c1-15-5-4-6-18(13-15)31-23(27)21(25(32)28-14-16-9-11-17(26)12-10-16)22-24(31)30-20-8-3-2-7-19(20)29-22/h2-13H,14,27H2,1H3,(H,28,32). The summed E-state index contributed by atoms with van der Waals surface area (Å²) >= 11 is 0. The molecule has 3 N–H and O–H groups in total. The summed E-state index contributed by atoms with van der Waals surface area (Å²) < 4.78 is 14.9. The van der Waals surface area contributed by atoms with Crippen LogP contribution in [0.15, 0.2) is 72.8 Å². The van der Waals surface area contributed by atoms with Crippen LogP contribution in [0.2, 0.25) is 0 Å². The van der Waals surface area contributed by atoms with Gasteiger partial charge in [0.15, 0.2) is 5.65 Å². The predicted octanol–water partition coefficient (Wildman–Crippen LogP) is 4.53. The number of amides is 1. The number of aromatic nitrogens is 3. The van der Waals surface area contributed by atoms with Gasteiger partial charge in [0.2, 0.25) is 0 Å². The zero-order valence-electron chi connectivity index (χ0n) is 17.3. The average Bonchev–Trinajstić information content (AvgIpc) is 3.07. The summed E-state index contributed by atoms with van der Waals surface area (Å²) in [5.41, 5.74) is 11.8. The number of nitrogens with two attached hydrogens (primary N) is 1. The van der Waals surface area contributed by atoms with Gasteiger partial charge in [0, 0.05) is 12.2 Å². The minimum atomic E-state index is -0.368. The lowest BCUT2D eigenvalue weighted by molar-refractivity contribution is 0.0953. The molecule has 2 heterocycles. The van der Waals surface area contributed by atoms with E-state index in [9.17, 15) is 9.18 Å². The fraction of sp³-hybridized carbons (Fsp3) is 0.0800. The van der Waals surface area contributed by atoms with E-state index in [1.165, 1.54) is 12.1 Å². The van der Waals surface area contributed by atoms with Crippen molar-refractivity contribution >= 4 is 33.9 Å². The van der Waals surface area contributed by atoms with Gasteiger partial charge >= 0.3 is 0 Å². The van der Waals surface area contributed by atoms with Crippen LogP contribution >= 0.6 is 0 Å². The van der Waals surface area contributed by atoms with Crippen molar-refractivity contribution in [2.45, 2.75) is 13.5 Å². The van der Waals surface area contributed by atoms with Crippen LogP contribution in [0, 0.1) is 12.7 Å². The van der Waals surface area contributed by atoms with Gasteiger partial charge in [0.1, 0.15) is 22.7 Å². The molecular weight excluding hydrogens is 405 g/mol. The molecule has 0 radical (unpaired) electrons. The Labute approximate surface area is 183 Å². The molecule has 5 aromatic rings. The molecule has 6 nitrogen and oxygen atoms in total. The molecule has 3 aromatic carbocycles. The summed E-state index contributed by atoms with van der Waals surface area (Å²) in [6.45, 7) is 2.22. The van der Waals surface area contributed by atoms with Gasteiger partial charge in [-0.1, -0.05) is 36.4 Å². The zero-order valence-corrected chi connectivity index (χ0v) is 17.3. The molecule has 0 aliphatic carbocycles. The van der Waals surface area contributed by atoms with Crippen LogP contribution in [0.25, 0.3) is 27.9 Å².